The summed E-state index contributed by atoms with van der Waals surface area (Å²) in [7, 11) is 0. The number of carbonyl (C=O) groups excluding carboxylic acids is 1. The normalized spacial score (nSPS) is 11.8. The third kappa shape index (κ3) is 4.63. The molecule has 0 spiro atoms. The second-order valence-electron chi connectivity index (χ2n) is 5.25. The van der Waals surface area contributed by atoms with Crippen LogP contribution in [0.3, 0.4) is 0 Å². The van der Waals surface area contributed by atoms with E-state index in [-0.39, 0.29) is 29.9 Å². The van der Waals surface area contributed by atoms with Crippen LogP contribution in [0, 0.1) is 6.92 Å². The van der Waals surface area contributed by atoms with Gasteiger partial charge in [-0.25, -0.2) is 0 Å². The largest absolute Gasteiger partial charge is 0.436 e. The molecule has 1 amide bonds. The fourth-order valence-electron chi connectivity index (χ4n) is 2.24. The standard InChI is InChI=1S/C14H16Br2F3N5O/c1-3-23-10(9(15)6-21-23)7-20-11(25)4-5-24-8(2)12(16)13(22-24)14(17,18)19/h6H,3-5,7H2,1-2H3,(H,20,25). The van der Waals surface area contributed by atoms with Gasteiger partial charge >= 0.3 is 6.18 Å². The van der Waals surface area contributed by atoms with Gasteiger partial charge in [0.25, 0.3) is 0 Å². The van der Waals surface area contributed by atoms with Crippen LogP contribution in [-0.4, -0.2) is 25.5 Å². The summed E-state index contributed by atoms with van der Waals surface area (Å²) in [6.45, 7) is 4.45. The molecule has 0 unspecified atom stereocenters. The van der Waals surface area contributed by atoms with E-state index in [4.69, 9.17) is 0 Å². The third-order valence-electron chi connectivity index (χ3n) is 3.60. The number of halogens is 5. The number of hydrogen-bond acceptors (Lipinski definition) is 3. The summed E-state index contributed by atoms with van der Waals surface area (Å²) < 4.78 is 42.1. The molecule has 0 aromatic carbocycles. The van der Waals surface area contributed by atoms with Crippen LogP contribution in [0.2, 0.25) is 0 Å². The summed E-state index contributed by atoms with van der Waals surface area (Å²) in [6, 6.07) is 0. The van der Waals surface area contributed by atoms with Crippen molar-refractivity contribution in [1.29, 1.82) is 0 Å². The van der Waals surface area contributed by atoms with Crippen molar-refractivity contribution in [2.24, 2.45) is 0 Å². The maximum absolute atomic E-state index is 12.8. The van der Waals surface area contributed by atoms with Crippen molar-refractivity contribution in [1.82, 2.24) is 24.9 Å². The van der Waals surface area contributed by atoms with Crippen LogP contribution in [0.15, 0.2) is 15.1 Å². The SMILES string of the molecule is CCn1ncc(Br)c1CNC(=O)CCn1nc(C(F)(F)F)c(Br)c1C. The van der Waals surface area contributed by atoms with Crippen molar-refractivity contribution in [3.05, 3.63) is 32.2 Å². The molecule has 0 atom stereocenters. The Labute approximate surface area is 159 Å². The molecule has 6 nitrogen and oxygen atoms in total. The Hall–Kier alpha value is -1.36. The van der Waals surface area contributed by atoms with Crippen molar-refractivity contribution in [3.63, 3.8) is 0 Å². The van der Waals surface area contributed by atoms with Crippen LogP contribution in [0.1, 0.15) is 30.4 Å². The van der Waals surface area contributed by atoms with Gasteiger partial charge in [0.1, 0.15) is 0 Å². The van der Waals surface area contributed by atoms with E-state index in [9.17, 15) is 18.0 Å². The lowest BCUT2D eigenvalue weighted by molar-refractivity contribution is -0.142. The van der Waals surface area contributed by atoms with Gasteiger partial charge in [-0.05, 0) is 45.7 Å². The molecule has 0 saturated carbocycles. The summed E-state index contributed by atoms with van der Waals surface area (Å²) in [5, 5.41) is 10.4. The molecule has 0 aliphatic heterocycles. The van der Waals surface area contributed by atoms with E-state index < -0.39 is 11.9 Å². The summed E-state index contributed by atoms with van der Waals surface area (Å²) in [4.78, 5) is 12.0. The zero-order valence-electron chi connectivity index (χ0n) is 13.5. The molecule has 0 radical (unpaired) electrons. The maximum atomic E-state index is 12.8. The molecule has 2 rings (SSSR count). The molecule has 11 heteroatoms. The van der Waals surface area contributed by atoms with Gasteiger partial charge in [-0.3, -0.25) is 14.2 Å². The number of rotatable bonds is 6. The number of amides is 1. The van der Waals surface area contributed by atoms with E-state index in [1.165, 1.54) is 11.6 Å². The second kappa shape index (κ2) is 7.90. The van der Waals surface area contributed by atoms with Crippen LogP contribution in [0.4, 0.5) is 13.2 Å². The van der Waals surface area contributed by atoms with Crippen LogP contribution in [0.5, 0.6) is 0 Å². The molecule has 0 bridgehead atoms. The first-order chi connectivity index (χ1) is 11.6. The molecule has 2 aromatic heterocycles. The Balaban J connectivity index is 1.96. The number of aromatic nitrogens is 4. The molecule has 25 heavy (non-hydrogen) atoms. The number of alkyl halides is 3. The number of aryl methyl sites for hydroxylation is 2. The number of carbonyl (C=O) groups is 1. The fourth-order valence-corrected chi connectivity index (χ4v) is 3.18. The molecular formula is C14H16Br2F3N5O. The predicted octanol–water partition coefficient (Wildman–Crippen LogP) is 3.66. The van der Waals surface area contributed by atoms with E-state index in [0.717, 1.165) is 10.2 Å². The van der Waals surface area contributed by atoms with Gasteiger partial charge < -0.3 is 5.32 Å². The minimum atomic E-state index is -4.54. The highest BCUT2D eigenvalue weighted by molar-refractivity contribution is 9.10. The Morgan fingerprint density at radius 1 is 1.32 bits per heavy atom. The monoisotopic (exact) mass is 485 g/mol. The number of hydrogen-bond donors (Lipinski definition) is 1. The molecule has 138 valence electrons. The van der Waals surface area contributed by atoms with Crippen molar-refractivity contribution >= 4 is 37.8 Å². The Bertz CT molecular complexity index is 769. The lowest BCUT2D eigenvalue weighted by Gasteiger charge is -2.09. The highest BCUT2D eigenvalue weighted by Gasteiger charge is 2.37. The lowest BCUT2D eigenvalue weighted by atomic mass is 10.3. The number of nitrogens with one attached hydrogen (secondary N) is 1. The molecule has 0 saturated heterocycles. The van der Waals surface area contributed by atoms with Gasteiger partial charge in [0.05, 0.1) is 39.6 Å². The van der Waals surface area contributed by atoms with Crippen molar-refractivity contribution in [3.8, 4) is 0 Å². The zero-order chi connectivity index (χ0) is 18.8. The van der Waals surface area contributed by atoms with E-state index in [2.05, 4.69) is 47.4 Å². The van der Waals surface area contributed by atoms with E-state index >= 15 is 0 Å². The average Bonchev–Trinajstić information content (AvgIpc) is 3.04. The first kappa shape index (κ1) is 20.0. The third-order valence-corrected chi connectivity index (χ3v) is 5.21. The van der Waals surface area contributed by atoms with Crippen molar-refractivity contribution in [2.75, 3.05) is 0 Å². The van der Waals surface area contributed by atoms with Crippen LogP contribution in [0.25, 0.3) is 0 Å². The highest BCUT2D eigenvalue weighted by atomic mass is 79.9. The Kier molecular flexibility index (Phi) is 6.30. The smallest absolute Gasteiger partial charge is 0.350 e. The molecule has 0 aliphatic rings. The second-order valence-corrected chi connectivity index (χ2v) is 6.90. The fraction of sp³-hybridized carbons (Fsp3) is 0.500. The minimum Gasteiger partial charge on any atom is -0.350 e. The molecule has 2 aromatic rings. The summed E-state index contributed by atoms with van der Waals surface area (Å²) in [6.07, 6.45) is -2.87. The minimum absolute atomic E-state index is 0.0180. The molecular weight excluding hydrogens is 471 g/mol. The van der Waals surface area contributed by atoms with Crippen LogP contribution >= 0.6 is 31.9 Å². The first-order valence-corrected chi connectivity index (χ1v) is 9.00. The highest BCUT2D eigenvalue weighted by Crippen LogP contribution is 2.35. The lowest BCUT2D eigenvalue weighted by Crippen LogP contribution is -2.26. The van der Waals surface area contributed by atoms with Gasteiger partial charge in [-0.15, -0.1) is 0 Å². The van der Waals surface area contributed by atoms with E-state index in [1.807, 2.05) is 6.92 Å². The summed E-state index contributed by atoms with van der Waals surface area (Å²) >= 11 is 6.27. The van der Waals surface area contributed by atoms with Gasteiger partial charge in [0.15, 0.2) is 5.69 Å². The maximum Gasteiger partial charge on any atom is 0.436 e. The van der Waals surface area contributed by atoms with Crippen LogP contribution < -0.4 is 5.32 Å². The summed E-state index contributed by atoms with van der Waals surface area (Å²) in [5.74, 6) is -0.282. The molecule has 0 fully saturated rings. The molecule has 0 aliphatic carbocycles. The molecule has 2 heterocycles. The Morgan fingerprint density at radius 2 is 2.00 bits per heavy atom. The van der Waals surface area contributed by atoms with Gasteiger partial charge in [0, 0.05) is 13.0 Å². The quantitative estimate of drug-likeness (QED) is 0.677. The Morgan fingerprint density at radius 3 is 2.56 bits per heavy atom. The molecule has 1 N–H and O–H groups in total. The number of nitrogens with zero attached hydrogens (tertiary/aromatic N) is 4. The summed E-state index contributed by atoms with van der Waals surface area (Å²) in [5.41, 5.74) is 0.168. The predicted molar refractivity (Wildman–Crippen MR) is 91.7 cm³/mol. The van der Waals surface area contributed by atoms with Gasteiger partial charge in [-0.1, -0.05) is 0 Å². The van der Waals surface area contributed by atoms with Crippen LogP contribution in [-0.2, 0) is 30.6 Å². The van der Waals surface area contributed by atoms with Gasteiger partial charge in [-0.2, -0.15) is 23.4 Å². The van der Waals surface area contributed by atoms with E-state index in [1.54, 1.807) is 10.9 Å². The van der Waals surface area contributed by atoms with Crippen molar-refractivity contribution < 1.29 is 18.0 Å². The van der Waals surface area contributed by atoms with Gasteiger partial charge in [0.2, 0.25) is 5.91 Å². The first-order valence-electron chi connectivity index (χ1n) is 7.42. The van der Waals surface area contributed by atoms with Crippen molar-refractivity contribution in [2.45, 2.75) is 46.1 Å². The average molecular weight is 487 g/mol. The van der Waals surface area contributed by atoms with E-state index in [0.29, 0.717) is 12.2 Å². The zero-order valence-corrected chi connectivity index (χ0v) is 16.7. The topological polar surface area (TPSA) is 64.7 Å².